The summed E-state index contributed by atoms with van der Waals surface area (Å²) in [6, 6.07) is 8.01. The van der Waals surface area contributed by atoms with Gasteiger partial charge >= 0.3 is 0 Å². The van der Waals surface area contributed by atoms with E-state index in [1.54, 1.807) is 17.5 Å². The Morgan fingerprint density at radius 1 is 1.06 bits per heavy atom. The third kappa shape index (κ3) is 11.3. The number of hydrogen-bond acceptors (Lipinski definition) is 2. The molecular weight excluding hydrogens is 238 g/mol. The van der Waals surface area contributed by atoms with Crippen molar-refractivity contribution in [3.8, 4) is 0 Å². The number of aromatic nitrogens is 1. The number of aryl methyl sites for hydroxylation is 2. The molecule has 2 aromatic rings. The minimum absolute atomic E-state index is 1.07. The van der Waals surface area contributed by atoms with Gasteiger partial charge in [0, 0.05) is 11.9 Å². The van der Waals surface area contributed by atoms with Crippen molar-refractivity contribution in [3.63, 3.8) is 0 Å². The quantitative estimate of drug-likeness (QED) is 0.639. The zero-order valence-electron chi connectivity index (χ0n) is 12.6. The van der Waals surface area contributed by atoms with Gasteiger partial charge in [-0.3, -0.25) is 4.98 Å². The Balaban J connectivity index is 0. The summed E-state index contributed by atoms with van der Waals surface area (Å²) in [5.74, 6) is 0. The lowest BCUT2D eigenvalue weighted by Crippen LogP contribution is -1.72. The molecule has 0 N–H and O–H groups in total. The lowest BCUT2D eigenvalue weighted by atomic mass is 10.3. The Kier molecular flexibility index (Phi) is 16.9. The summed E-state index contributed by atoms with van der Waals surface area (Å²) >= 11 is 1.76. The summed E-state index contributed by atoms with van der Waals surface area (Å²) in [4.78, 5) is 3.98. The van der Waals surface area contributed by atoms with Gasteiger partial charge in [-0.1, -0.05) is 40.7 Å². The highest BCUT2D eigenvalue weighted by molar-refractivity contribution is 7.07. The summed E-state index contributed by atoms with van der Waals surface area (Å²) in [5.41, 5.74) is 2.52. The SMILES string of the molecule is CC.CC.CCc1ccsc1.Cc1ccccn1. The van der Waals surface area contributed by atoms with E-state index in [4.69, 9.17) is 0 Å². The van der Waals surface area contributed by atoms with Crippen LogP contribution in [0.4, 0.5) is 0 Å². The lowest BCUT2D eigenvalue weighted by molar-refractivity contribution is 1.16. The Morgan fingerprint density at radius 2 is 1.72 bits per heavy atom. The predicted octanol–water partition coefficient (Wildman–Crippen LogP) is 5.75. The molecule has 0 fully saturated rings. The summed E-state index contributed by atoms with van der Waals surface area (Å²) < 4.78 is 0. The molecule has 0 saturated heterocycles. The maximum Gasteiger partial charge on any atom is 0.0372 e. The van der Waals surface area contributed by atoms with Gasteiger partial charge in [0.15, 0.2) is 0 Å². The van der Waals surface area contributed by atoms with Gasteiger partial charge in [-0.25, -0.2) is 0 Å². The number of hydrogen-bond donors (Lipinski definition) is 0. The second-order valence-corrected chi connectivity index (χ2v) is 3.74. The van der Waals surface area contributed by atoms with Crippen LogP contribution >= 0.6 is 11.3 Å². The van der Waals surface area contributed by atoms with Gasteiger partial charge in [-0.2, -0.15) is 11.3 Å². The zero-order chi connectivity index (χ0) is 14.2. The van der Waals surface area contributed by atoms with Crippen LogP contribution in [0.3, 0.4) is 0 Å². The average molecular weight is 265 g/mol. The Morgan fingerprint density at radius 3 is 1.94 bits per heavy atom. The summed E-state index contributed by atoms with van der Waals surface area (Å²) in [6.45, 7) is 12.1. The molecule has 0 aliphatic carbocycles. The molecule has 0 aliphatic rings. The van der Waals surface area contributed by atoms with Crippen LogP contribution in [0.2, 0.25) is 0 Å². The fourth-order valence-corrected chi connectivity index (χ4v) is 1.69. The maximum atomic E-state index is 3.98. The van der Waals surface area contributed by atoms with E-state index in [1.807, 2.05) is 52.8 Å². The van der Waals surface area contributed by atoms with Gasteiger partial charge in [-0.05, 0) is 47.9 Å². The molecule has 0 aliphatic heterocycles. The third-order valence-corrected chi connectivity index (χ3v) is 2.53. The van der Waals surface area contributed by atoms with Crippen molar-refractivity contribution in [3.05, 3.63) is 52.5 Å². The van der Waals surface area contributed by atoms with E-state index < -0.39 is 0 Å². The van der Waals surface area contributed by atoms with E-state index in [1.165, 1.54) is 12.0 Å². The molecule has 18 heavy (non-hydrogen) atoms. The fourth-order valence-electron chi connectivity index (χ4n) is 0.942. The van der Waals surface area contributed by atoms with Gasteiger partial charge in [0.25, 0.3) is 0 Å². The van der Waals surface area contributed by atoms with Gasteiger partial charge < -0.3 is 0 Å². The topological polar surface area (TPSA) is 12.9 Å². The van der Waals surface area contributed by atoms with Crippen molar-refractivity contribution in [2.75, 3.05) is 0 Å². The first-order chi connectivity index (χ1) is 8.83. The van der Waals surface area contributed by atoms with Crippen LogP contribution in [-0.2, 0) is 6.42 Å². The highest BCUT2D eigenvalue weighted by Gasteiger charge is 1.82. The van der Waals surface area contributed by atoms with Crippen LogP contribution in [0, 0.1) is 6.92 Å². The van der Waals surface area contributed by atoms with E-state index in [-0.39, 0.29) is 0 Å². The van der Waals surface area contributed by atoms with E-state index in [9.17, 15) is 0 Å². The Hall–Kier alpha value is -1.15. The molecule has 0 spiro atoms. The van der Waals surface area contributed by atoms with Crippen LogP contribution < -0.4 is 0 Å². The second kappa shape index (κ2) is 15.9. The Labute approximate surface area is 117 Å². The zero-order valence-corrected chi connectivity index (χ0v) is 13.4. The molecule has 2 rings (SSSR count). The maximum absolute atomic E-state index is 3.98. The van der Waals surface area contributed by atoms with Crippen molar-refractivity contribution < 1.29 is 0 Å². The van der Waals surface area contributed by atoms with Crippen LogP contribution in [0.5, 0.6) is 0 Å². The molecule has 102 valence electrons. The first-order valence-corrected chi connectivity index (χ1v) is 7.66. The first kappa shape index (κ1) is 19.2. The van der Waals surface area contributed by atoms with Crippen LogP contribution in [0.1, 0.15) is 45.9 Å². The Bertz CT molecular complexity index is 327. The smallest absolute Gasteiger partial charge is 0.0372 e. The highest BCUT2D eigenvalue weighted by Crippen LogP contribution is 2.04. The lowest BCUT2D eigenvalue weighted by Gasteiger charge is -1.82. The minimum Gasteiger partial charge on any atom is -0.262 e. The van der Waals surface area contributed by atoms with Gasteiger partial charge in [0.2, 0.25) is 0 Å². The molecule has 0 aromatic carbocycles. The molecule has 2 aromatic heterocycles. The second-order valence-electron chi connectivity index (χ2n) is 2.96. The standard InChI is InChI=1S/C6H7N.C6H8S.2C2H6/c1-6-4-2-3-5-7-6;1-2-6-3-4-7-5-6;2*1-2/h2-5H,1H3;3-5H,2H2,1H3;2*1-2H3. The molecule has 0 bridgehead atoms. The van der Waals surface area contributed by atoms with Crippen molar-refractivity contribution >= 4 is 11.3 Å². The normalized spacial score (nSPS) is 7.67. The molecule has 1 nitrogen and oxygen atoms in total. The number of thiophene rings is 1. The molecule has 0 saturated carbocycles. The van der Waals surface area contributed by atoms with E-state index in [2.05, 4.69) is 28.7 Å². The van der Waals surface area contributed by atoms with E-state index >= 15 is 0 Å². The molecular formula is C16H27NS. The predicted molar refractivity (Wildman–Crippen MR) is 85.4 cm³/mol. The van der Waals surface area contributed by atoms with Crippen molar-refractivity contribution in [2.45, 2.75) is 48.0 Å². The molecule has 2 heterocycles. The molecule has 0 radical (unpaired) electrons. The number of pyridine rings is 1. The van der Waals surface area contributed by atoms with Crippen LogP contribution in [-0.4, -0.2) is 4.98 Å². The highest BCUT2D eigenvalue weighted by atomic mass is 32.1. The summed E-state index contributed by atoms with van der Waals surface area (Å²) in [6.07, 6.45) is 2.96. The van der Waals surface area contributed by atoms with Gasteiger partial charge in [0.05, 0.1) is 0 Å². The monoisotopic (exact) mass is 265 g/mol. The van der Waals surface area contributed by atoms with Crippen molar-refractivity contribution in [1.82, 2.24) is 4.98 Å². The largest absolute Gasteiger partial charge is 0.262 e. The van der Waals surface area contributed by atoms with Crippen LogP contribution in [0.25, 0.3) is 0 Å². The summed E-state index contributed by atoms with van der Waals surface area (Å²) in [5, 5.41) is 4.29. The fraction of sp³-hybridized carbons (Fsp3) is 0.438. The van der Waals surface area contributed by atoms with E-state index in [0.717, 1.165) is 5.69 Å². The van der Waals surface area contributed by atoms with E-state index in [0.29, 0.717) is 0 Å². The van der Waals surface area contributed by atoms with Crippen molar-refractivity contribution in [1.29, 1.82) is 0 Å². The number of nitrogens with zero attached hydrogens (tertiary/aromatic N) is 1. The van der Waals surface area contributed by atoms with Gasteiger partial charge in [0.1, 0.15) is 0 Å². The third-order valence-electron chi connectivity index (χ3n) is 1.80. The molecule has 0 unspecified atom stereocenters. The number of rotatable bonds is 1. The molecule has 0 amide bonds. The van der Waals surface area contributed by atoms with Crippen molar-refractivity contribution in [2.24, 2.45) is 0 Å². The minimum atomic E-state index is 1.07. The average Bonchev–Trinajstić information content (AvgIpc) is 2.98. The molecule has 2 heteroatoms. The molecule has 0 atom stereocenters. The summed E-state index contributed by atoms with van der Waals surface area (Å²) in [7, 11) is 0. The van der Waals surface area contributed by atoms with Gasteiger partial charge in [-0.15, -0.1) is 0 Å². The first-order valence-electron chi connectivity index (χ1n) is 6.71. The van der Waals surface area contributed by atoms with Crippen LogP contribution in [0.15, 0.2) is 41.2 Å².